The maximum absolute atomic E-state index is 15.1. The molecule has 1 aromatic rings. The summed E-state index contributed by atoms with van der Waals surface area (Å²) >= 11 is 0. The highest BCUT2D eigenvalue weighted by Gasteiger charge is 2.52. The summed E-state index contributed by atoms with van der Waals surface area (Å²) in [6, 6.07) is 0.660. The van der Waals surface area contributed by atoms with Gasteiger partial charge in [-0.2, -0.15) is 26.3 Å². The van der Waals surface area contributed by atoms with Gasteiger partial charge in [-0.25, -0.2) is 26.3 Å². The van der Waals surface area contributed by atoms with Gasteiger partial charge in [0.1, 0.15) is 35.4 Å². The lowest BCUT2D eigenvalue weighted by Crippen LogP contribution is -2.46. The lowest BCUT2D eigenvalue weighted by molar-refractivity contribution is -0.142. The van der Waals surface area contributed by atoms with Crippen molar-refractivity contribution in [3.05, 3.63) is 52.1 Å². The Bertz CT molecular complexity index is 1010. The Kier molecular flexibility index (Phi) is 18.6. The van der Waals surface area contributed by atoms with E-state index < -0.39 is 114 Å². The van der Waals surface area contributed by atoms with Gasteiger partial charge in [-0.3, -0.25) is 0 Å². The number of halogens is 12. The molecular weight excluding hydrogens is 587 g/mol. The van der Waals surface area contributed by atoms with Crippen LogP contribution in [0.2, 0.25) is 11.6 Å². The van der Waals surface area contributed by atoms with Gasteiger partial charge in [-0.05, 0) is 61.3 Å². The van der Waals surface area contributed by atoms with E-state index >= 15 is 13.2 Å². The molecule has 0 saturated heterocycles. The summed E-state index contributed by atoms with van der Waals surface area (Å²) in [7, 11) is 0. The summed E-state index contributed by atoms with van der Waals surface area (Å²) in [5.41, 5.74) is -6.19. The molecule has 2 aliphatic carbocycles. The molecule has 0 heterocycles. The normalized spacial score (nSPS) is 22.3. The highest BCUT2D eigenvalue weighted by atomic mass is 19.4. The molecule has 42 heavy (non-hydrogen) atoms. The number of alkyl halides is 8. The van der Waals surface area contributed by atoms with Crippen molar-refractivity contribution in [1.29, 1.82) is 0 Å². The first-order valence-corrected chi connectivity index (χ1v) is 14.2. The first-order valence-electron chi connectivity index (χ1n) is 14.2. The van der Waals surface area contributed by atoms with Crippen molar-refractivity contribution < 1.29 is 52.7 Å². The van der Waals surface area contributed by atoms with Gasteiger partial charge in [0.2, 0.25) is 0 Å². The third-order valence-corrected chi connectivity index (χ3v) is 6.47. The Morgan fingerprint density at radius 3 is 1.48 bits per heavy atom. The van der Waals surface area contributed by atoms with Crippen LogP contribution in [0.25, 0.3) is 0 Å². The zero-order chi connectivity index (χ0) is 33.7. The molecule has 0 fully saturated rings. The predicted molar refractivity (Wildman–Crippen MR) is 146 cm³/mol. The second-order valence-corrected chi connectivity index (χ2v) is 8.44. The van der Waals surface area contributed by atoms with Crippen LogP contribution >= 0.6 is 0 Å². The van der Waals surface area contributed by atoms with E-state index in [1.807, 2.05) is 55.4 Å². The maximum Gasteiger partial charge on any atom is 0.422 e. The molecule has 0 N–H and O–H groups in total. The highest BCUT2D eigenvalue weighted by Crippen LogP contribution is 2.50. The molecule has 2 aliphatic rings. The smallest absolute Gasteiger partial charge is 0.243 e. The zero-order valence-electron chi connectivity index (χ0n) is 25.4. The molecule has 0 amide bonds. The molecule has 3 unspecified atom stereocenters. The molecule has 3 rings (SSSR count). The summed E-state index contributed by atoms with van der Waals surface area (Å²) < 4.78 is 167. The molecule has 0 spiro atoms. The number of allylic oxidation sites excluding steroid dienone is 4. The van der Waals surface area contributed by atoms with Crippen LogP contribution in [0.5, 0.6) is 0 Å². The second kappa shape index (κ2) is 18.6. The number of benzene rings is 1. The van der Waals surface area contributed by atoms with Crippen molar-refractivity contribution in [2.24, 2.45) is 0 Å². The van der Waals surface area contributed by atoms with E-state index in [-0.39, 0.29) is 6.07 Å². The molecule has 0 saturated carbocycles. The van der Waals surface area contributed by atoms with Crippen LogP contribution in [0.3, 0.4) is 0 Å². The molecule has 13 heteroatoms. The first kappa shape index (κ1) is 42.1. The van der Waals surface area contributed by atoms with Crippen LogP contribution in [0, 0.1) is 11.6 Å². The maximum atomic E-state index is 15.1. The van der Waals surface area contributed by atoms with Crippen molar-refractivity contribution >= 4 is 12.2 Å². The predicted octanol–water partition coefficient (Wildman–Crippen LogP) is 11.8. The Labute approximate surface area is 241 Å². The minimum absolute atomic E-state index is 0.191. The van der Waals surface area contributed by atoms with Gasteiger partial charge in [-0.15, -0.1) is 0 Å². The van der Waals surface area contributed by atoms with Gasteiger partial charge in [-0.1, -0.05) is 61.5 Å². The standard InChI is InChI=1S/C21H17BF12.4C2H6/c1-8-12(23)5-2-9(17(8)26)22(10-3-6-13(24)15(18(10)27)20(29,30)31)11-4-7-14(25)16(19(11)28)21(32,33)34;4*1-2/h3,6,9,11-12,14H,2,4-5,7H2,1H3;4*1-2H3/t9?,11-,12?,14?;;;;/m0..../s1. The van der Waals surface area contributed by atoms with E-state index in [1.54, 1.807) is 0 Å². The van der Waals surface area contributed by atoms with Crippen molar-refractivity contribution in [2.45, 2.75) is 124 Å². The molecule has 244 valence electrons. The first-order chi connectivity index (χ1) is 19.6. The second-order valence-electron chi connectivity index (χ2n) is 8.44. The van der Waals surface area contributed by atoms with Gasteiger partial charge in [0.05, 0.1) is 11.4 Å². The van der Waals surface area contributed by atoms with E-state index in [0.29, 0.717) is 6.07 Å². The number of hydrogen-bond acceptors (Lipinski definition) is 0. The quantitative estimate of drug-likeness (QED) is 0.231. The van der Waals surface area contributed by atoms with Gasteiger partial charge in [0, 0.05) is 0 Å². The SMILES string of the molecule is CC.CC.CC.CC.CC1=C(F)C(B(c2ccc(F)c(C(F)(F)F)c2F)[C@H]2CCC(F)C(C(F)(F)F)=C2F)CCC1F. The van der Waals surface area contributed by atoms with Crippen molar-refractivity contribution in [3.63, 3.8) is 0 Å². The Balaban J connectivity index is 0. The van der Waals surface area contributed by atoms with Gasteiger partial charge >= 0.3 is 12.4 Å². The molecular formula is C29H41BF12. The largest absolute Gasteiger partial charge is 0.422 e. The van der Waals surface area contributed by atoms with Gasteiger partial charge < -0.3 is 0 Å². The molecule has 1 aromatic carbocycles. The van der Waals surface area contributed by atoms with Crippen LogP contribution in [0.1, 0.15) is 93.6 Å². The fourth-order valence-corrected chi connectivity index (χ4v) is 4.84. The fourth-order valence-electron chi connectivity index (χ4n) is 4.84. The third kappa shape index (κ3) is 9.72. The Morgan fingerprint density at radius 1 is 0.619 bits per heavy atom. The summed E-state index contributed by atoms with van der Waals surface area (Å²) in [6.07, 6.45) is -18.2. The molecule has 0 radical (unpaired) electrons. The van der Waals surface area contributed by atoms with Crippen molar-refractivity contribution in [2.75, 3.05) is 0 Å². The lowest BCUT2D eigenvalue weighted by Gasteiger charge is -2.37. The van der Waals surface area contributed by atoms with E-state index in [2.05, 4.69) is 0 Å². The van der Waals surface area contributed by atoms with Crippen LogP contribution in [-0.2, 0) is 6.18 Å². The zero-order valence-corrected chi connectivity index (χ0v) is 25.4. The number of hydrogen-bond donors (Lipinski definition) is 0. The monoisotopic (exact) mass is 628 g/mol. The third-order valence-electron chi connectivity index (χ3n) is 6.47. The Hall–Kier alpha value is -2.08. The average Bonchev–Trinajstić information content (AvgIpc) is 2.93. The molecule has 0 nitrogen and oxygen atoms in total. The topological polar surface area (TPSA) is 0 Å². The van der Waals surface area contributed by atoms with E-state index in [9.17, 15) is 39.5 Å². The molecule has 0 bridgehead atoms. The van der Waals surface area contributed by atoms with Crippen molar-refractivity contribution in [3.8, 4) is 0 Å². The minimum Gasteiger partial charge on any atom is -0.243 e. The van der Waals surface area contributed by atoms with Crippen LogP contribution in [-0.4, -0.2) is 25.2 Å². The average molecular weight is 628 g/mol. The molecule has 0 aliphatic heterocycles. The summed E-state index contributed by atoms with van der Waals surface area (Å²) in [6.45, 7) is 14.9. The Morgan fingerprint density at radius 2 is 1.05 bits per heavy atom. The van der Waals surface area contributed by atoms with Crippen LogP contribution in [0.15, 0.2) is 34.9 Å². The van der Waals surface area contributed by atoms with E-state index in [0.717, 1.165) is 6.92 Å². The summed E-state index contributed by atoms with van der Waals surface area (Å²) in [5, 5.41) is 0. The number of rotatable bonds is 3. The molecule has 4 atom stereocenters. The van der Waals surface area contributed by atoms with Crippen LogP contribution < -0.4 is 5.46 Å². The van der Waals surface area contributed by atoms with Crippen molar-refractivity contribution in [1.82, 2.24) is 0 Å². The molecule has 0 aromatic heterocycles. The van der Waals surface area contributed by atoms with Crippen LogP contribution in [0.4, 0.5) is 52.7 Å². The lowest BCUT2D eigenvalue weighted by atomic mass is 9.28. The van der Waals surface area contributed by atoms with Gasteiger partial charge in [0.15, 0.2) is 6.71 Å². The van der Waals surface area contributed by atoms with Gasteiger partial charge in [0.25, 0.3) is 0 Å². The summed E-state index contributed by atoms with van der Waals surface area (Å²) in [4.78, 5) is 0. The highest BCUT2D eigenvalue weighted by molar-refractivity contribution is 6.77. The van der Waals surface area contributed by atoms with E-state index in [1.165, 1.54) is 0 Å². The summed E-state index contributed by atoms with van der Waals surface area (Å²) in [5.74, 6) is -11.4. The minimum atomic E-state index is -5.57. The van der Waals surface area contributed by atoms with E-state index in [4.69, 9.17) is 0 Å². The fraction of sp³-hybridized carbons (Fsp3) is 0.655.